The van der Waals surface area contributed by atoms with Crippen LogP contribution in [0.4, 0.5) is 0 Å². The van der Waals surface area contributed by atoms with E-state index in [4.69, 9.17) is 0 Å². The first kappa shape index (κ1) is 18.9. The first-order valence-corrected chi connectivity index (χ1v) is 8.68. The van der Waals surface area contributed by atoms with Crippen LogP contribution in [0, 0.1) is 0 Å². The lowest BCUT2D eigenvalue weighted by molar-refractivity contribution is -0.141. The molecule has 0 bridgehead atoms. The van der Waals surface area contributed by atoms with Gasteiger partial charge in [0.05, 0.1) is 6.54 Å². The van der Waals surface area contributed by atoms with E-state index in [2.05, 4.69) is 12.2 Å². The Kier molecular flexibility index (Phi) is 6.95. The Morgan fingerprint density at radius 3 is 2.60 bits per heavy atom. The van der Waals surface area contributed by atoms with Crippen molar-refractivity contribution in [3.05, 3.63) is 48.0 Å². The van der Waals surface area contributed by atoms with Gasteiger partial charge in [0.2, 0.25) is 5.91 Å². The molecule has 0 fully saturated rings. The van der Waals surface area contributed by atoms with Crippen molar-refractivity contribution in [3.63, 3.8) is 0 Å². The fourth-order valence-corrected chi connectivity index (χ4v) is 2.88. The number of nitrogens with one attached hydrogen (secondary N) is 1. The van der Waals surface area contributed by atoms with Gasteiger partial charge in [-0.15, -0.1) is 0 Å². The average Bonchev–Trinajstić information content (AvgIpc) is 2.59. The van der Waals surface area contributed by atoms with Gasteiger partial charge in [-0.25, -0.2) is 4.79 Å². The van der Waals surface area contributed by atoms with Crippen LogP contribution in [0.3, 0.4) is 0 Å². The smallest absolute Gasteiger partial charge is 0.326 e. The van der Waals surface area contributed by atoms with Crippen molar-refractivity contribution in [3.8, 4) is 0 Å². The monoisotopic (exact) mass is 342 g/mol. The minimum Gasteiger partial charge on any atom is -0.480 e. The minimum atomic E-state index is -1.02. The van der Waals surface area contributed by atoms with E-state index in [0.717, 1.165) is 35.7 Å². The van der Waals surface area contributed by atoms with Crippen LogP contribution >= 0.6 is 0 Å². The maximum atomic E-state index is 12.2. The molecule has 2 N–H and O–H groups in total. The Morgan fingerprint density at radius 1 is 1.16 bits per heavy atom. The van der Waals surface area contributed by atoms with Crippen LogP contribution in [-0.4, -0.2) is 48.1 Å². The van der Waals surface area contributed by atoms with Gasteiger partial charge >= 0.3 is 5.97 Å². The second kappa shape index (κ2) is 9.18. The number of carboxylic acid groups (broad SMARTS) is 1. The third-order valence-electron chi connectivity index (χ3n) is 4.24. The molecule has 0 aliphatic carbocycles. The summed E-state index contributed by atoms with van der Waals surface area (Å²) in [6.07, 6.45) is 2.34. The molecule has 134 valence electrons. The van der Waals surface area contributed by atoms with Gasteiger partial charge in [-0.2, -0.15) is 0 Å². The lowest BCUT2D eigenvalue weighted by atomic mass is 9.99. The molecular weight excluding hydrogens is 316 g/mol. The summed E-state index contributed by atoms with van der Waals surface area (Å²) in [6, 6.07) is 12.8. The predicted octanol–water partition coefficient (Wildman–Crippen LogP) is 2.68. The number of carbonyl (C=O) groups excluding carboxylic acids is 1. The first-order valence-electron chi connectivity index (χ1n) is 8.68. The molecule has 0 saturated carbocycles. The Bertz CT molecular complexity index is 724. The van der Waals surface area contributed by atoms with E-state index in [1.807, 2.05) is 54.4 Å². The molecule has 2 aromatic carbocycles. The van der Waals surface area contributed by atoms with Crippen LogP contribution in [0.2, 0.25) is 0 Å². The number of likely N-dealkylation sites (N-methyl/N-ethyl adjacent to an activating group) is 1. The number of hydrogen-bond donors (Lipinski definition) is 2. The van der Waals surface area contributed by atoms with E-state index in [9.17, 15) is 14.7 Å². The van der Waals surface area contributed by atoms with Gasteiger partial charge in [-0.3, -0.25) is 9.69 Å². The maximum absolute atomic E-state index is 12.2. The van der Waals surface area contributed by atoms with E-state index < -0.39 is 12.0 Å². The highest BCUT2D eigenvalue weighted by atomic mass is 16.4. The van der Waals surface area contributed by atoms with Crippen molar-refractivity contribution in [2.75, 3.05) is 20.1 Å². The highest BCUT2D eigenvalue weighted by Crippen LogP contribution is 2.19. The summed E-state index contributed by atoms with van der Waals surface area (Å²) in [5.74, 6) is -1.27. The fraction of sp³-hybridized carbons (Fsp3) is 0.400. The summed E-state index contributed by atoms with van der Waals surface area (Å²) in [5.41, 5.74) is 0.921. The molecule has 25 heavy (non-hydrogen) atoms. The second-order valence-corrected chi connectivity index (χ2v) is 6.39. The van der Waals surface area contributed by atoms with Crippen LogP contribution in [0.1, 0.15) is 25.3 Å². The molecule has 2 rings (SSSR count). The van der Waals surface area contributed by atoms with E-state index in [-0.39, 0.29) is 18.9 Å². The molecule has 0 saturated heterocycles. The van der Waals surface area contributed by atoms with Crippen LogP contribution < -0.4 is 5.32 Å². The third-order valence-corrected chi connectivity index (χ3v) is 4.24. The molecule has 1 amide bonds. The number of benzene rings is 2. The second-order valence-electron chi connectivity index (χ2n) is 6.39. The summed E-state index contributed by atoms with van der Waals surface area (Å²) in [5, 5.41) is 14.2. The number of carboxylic acids is 1. The molecule has 0 heterocycles. The zero-order valence-electron chi connectivity index (χ0n) is 14.9. The van der Waals surface area contributed by atoms with Gasteiger partial charge in [0.25, 0.3) is 0 Å². The Labute approximate surface area is 148 Å². The molecule has 0 aliphatic heterocycles. The largest absolute Gasteiger partial charge is 0.480 e. The average molecular weight is 342 g/mol. The number of hydrogen-bond acceptors (Lipinski definition) is 3. The number of nitrogens with zero attached hydrogens (tertiary/aromatic N) is 1. The summed E-state index contributed by atoms with van der Waals surface area (Å²) in [7, 11) is 1.87. The number of aliphatic carboxylic acids is 1. The van der Waals surface area contributed by atoms with Gasteiger partial charge in [-0.05, 0) is 36.3 Å². The molecule has 0 unspecified atom stereocenters. The zero-order valence-corrected chi connectivity index (χ0v) is 14.9. The van der Waals surface area contributed by atoms with Crippen LogP contribution in [-0.2, 0) is 16.0 Å². The molecule has 1 atom stereocenters. The molecule has 5 heteroatoms. The van der Waals surface area contributed by atoms with E-state index in [0.29, 0.717) is 0 Å². The number of rotatable bonds is 9. The topological polar surface area (TPSA) is 69.6 Å². The van der Waals surface area contributed by atoms with Gasteiger partial charge in [0, 0.05) is 6.42 Å². The highest BCUT2D eigenvalue weighted by molar-refractivity contribution is 5.88. The van der Waals surface area contributed by atoms with Crippen molar-refractivity contribution in [2.45, 2.75) is 32.2 Å². The Balaban J connectivity index is 2.05. The molecule has 0 spiro atoms. The fourth-order valence-electron chi connectivity index (χ4n) is 2.88. The summed E-state index contributed by atoms with van der Waals surface area (Å²) in [6.45, 7) is 3.13. The quantitative estimate of drug-likeness (QED) is 0.735. The van der Waals surface area contributed by atoms with E-state index in [1.54, 1.807) is 0 Å². The molecule has 0 radical (unpaired) electrons. The van der Waals surface area contributed by atoms with Crippen LogP contribution in [0.25, 0.3) is 10.8 Å². The zero-order chi connectivity index (χ0) is 18.2. The summed E-state index contributed by atoms with van der Waals surface area (Å²) in [4.78, 5) is 25.7. The molecule has 2 aromatic rings. The van der Waals surface area contributed by atoms with E-state index in [1.165, 1.54) is 0 Å². The number of fused-ring (bicyclic) bond motifs is 1. The highest BCUT2D eigenvalue weighted by Gasteiger charge is 2.21. The van der Waals surface area contributed by atoms with Crippen molar-refractivity contribution < 1.29 is 14.7 Å². The van der Waals surface area contributed by atoms with Crippen molar-refractivity contribution in [2.24, 2.45) is 0 Å². The third kappa shape index (κ3) is 5.57. The normalized spacial score (nSPS) is 12.3. The maximum Gasteiger partial charge on any atom is 0.326 e. The standard InChI is InChI=1S/C20H26N2O3/c1-3-4-12-22(2)14-19(23)21-18(20(24)25)13-16-10-7-9-15-8-5-6-11-17(15)16/h5-11,18H,3-4,12-14H2,1-2H3,(H,21,23)(H,24,25)/t18-/m0/s1. The van der Waals surface area contributed by atoms with Crippen LogP contribution in [0.15, 0.2) is 42.5 Å². The predicted molar refractivity (Wildman–Crippen MR) is 99.6 cm³/mol. The lowest BCUT2D eigenvalue weighted by Crippen LogP contribution is -2.46. The number of unbranched alkanes of at least 4 members (excludes halogenated alkanes) is 1. The van der Waals surface area contributed by atoms with Crippen molar-refractivity contribution in [1.82, 2.24) is 10.2 Å². The van der Waals surface area contributed by atoms with Gasteiger partial charge < -0.3 is 10.4 Å². The molecule has 0 aliphatic rings. The molecular formula is C20H26N2O3. The van der Waals surface area contributed by atoms with Crippen molar-refractivity contribution in [1.29, 1.82) is 0 Å². The first-order chi connectivity index (χ1) is 12.0. The summed E-state index contributed by atoms with van der Waals surface area (Å²) < 4.78 is 0. The number of carbonyl (C=O) groups is 2. The molecule has 0 aromatic heterocycles. The summed E-state index contributed by atoms with van der Waals surface area (Å²) >= 11 is 0. The van der Waals surface area contributed by atoms with Gasteiger partial charge in [0.1, 0.15) is 6.04 Å². The minimum absolute atomic E-state index is 0.208. The van der Waals surface area contributed by atoms with Crippen molar-refractivity contribution >= 4 is 22.6 Å². The van der Waals surface area contributed by atoms with Gasteiger partial charge in [0.15, 0.2) is 0 Å². The lowest BCUT2D eigenvalue weighted by Gasteiger charge is -2.19. The molecule has 5 nitrogen and oxygen atoms in total. The van der Waals surface area contributed by atoms with Gasteiger partial charge in [-0.1, -0.05) is 55.8 Å². The Morgan fingerprint density at radius 2 is 1.88 bits per heavy atom. The Hall–Kier alpha value is -2.40. The van der Waals surface area contributed by atoms with Crippen LogP contribution in [0.5, 0.6) is 0 Å². The SMILES string of the molecule is CCCCN(C)CC(=O)N[C@@H](Cc1cccc2ccccc12)C(=O)O. The van der Waals surface area contributed by atoms with E-state index >= 15 is 0 Å². The number of amides is 1.